The van der Waals surface area contributed by atoms with Crippen LogP contribution in [-0.2, 0) is 0 Å². The minimum absolute atomic E-state index is 0.679. The second kappa shape index (κ2) is 14.7. The Bertz CT molecular complexity index is 3550. The summed E-state index contributed by atoms with van der Waals surface area (Å²) >= 11 is 0. The Morgan fingerprint density at radius 3 is 1.68 bits per heavy atom. The van der Waals surface area contributed by atoms with Gasteiger partial charge < -0.3 is 8.98 Å². The van der Waals surface area contributed by atoms with Gasteiger partial charge in [0.15, 0.2) is 5.82 Å². The van der Waals surface area contributed by atoms with Crippen molar-refractivity contribution in [2.45, 2.75) is 0 Å². The molecule has 290 valence electrons. The van der Waals surface area contributed by atoms with Gasteiger partial charge in [0.1, 0.15) is 11.2 Å². The first-order valence-electron chi connectivity index (χ1n) is 21.0. The number of aromatic nitrogens is 3. The SMILES string of the molecule is c1ccc(-c2cc(-c3cc(-c4ccccc4-c4ccccc4)ccc3-c3ccc4oc5c(ccc6c5c5ccccc5n6-c5ccccc5)c4c3)nc(-c3ccccc3)n2)cc1. The van der Waals surface area contributed by atoms with E-state index in [2.05, 4.69) is 205 Å². The van der Waals surface area contributed by atoms with E-state index in [1.165, 1.54) is 11.1 Å². The average molecular weight is 792 g/mol. The first-order valence-corrected chi connectivity index (χ1v) is 21.0. The van der Waals surface area contributed by atoms with E-state index in [1.54, 1.807) is 0 Å². The van der Waals surface area contributed by atoms with Crippen molar-refractivity contribution < 1.29 is 4.42 Å². The van der Waals surface area contributed by atoms with Crippen LogP contribution in [0.5, 0.6) is 0 Å². The summed E-state index contributed by atoms with van der Waals surface area (Å²) < 4.78 is 9.19. The van der Waals surface area contributed by atoms with Crippen LogP contribution < -0.4 is 0 Å². The fourth-order valence-corrected chi connectivity index (χ4v) is 9.15. The van der Waals surface area contributed by atoms with E-state index < -0.39 is 0 Å². The molecule has 0 amide bonds. The molecule has 62 heavy (non-hydrogen) atoms. The second-order valence-corrected chi connectivity index (χ2v) is 15.7. The third kappa shape index (κ3) is 6.00. The zero-order valence-electron chi connectivity index (χ0n) is 33.6. The zero-order chi connectivity index (χ0) is 41.0. The van der Waals surface area contributed by atoms with Gasteiger partial charge in [-0.05, 0) is 88.0 Å². The summed E-state index contributed by atoms with van der Waals surface area (Å²) in [5, 5.41) is 4.43. The molecule has 0 spiro atoms. The van der Waals surface area contributed by atoms with Crippen molar-refractivity contribution >= 4 is 43.7 Å². The Kier molecular flexibility index (Phi) is 8.46. The Labute approximate surface area is 358 Å². The fourth-order valence-electron chi connectivity index (χ4n) is 9.15. The van der Waals surface area contributed by atoms with Gasteiger partial charge in [-0.15, -0.1) is 0 Å². The lowest BCUT2D eigenvalue weighted by Crippen LogP contribution is -1.97. The largest absolute Gasteiger partial charge is 0.455 e. The topological polar surface area (TPSA) is 43.9 Å². The zero-order valence-corrected chi connectivity index (χ0v) is 33.6. The fraction of sp³-hybridized carbons (Fsp3) is 0. The van der Waals surface area contributed by atoms with Crippen molar-refractivity contribution in [1.82, 2.24) is 14.5 Å². The molecule has 0 radical (unpaired) electrons. The van der Waals surface area contributed by atoms with Crippen LogP contribution in [0.1, 0.15) is 0 Å². The van der Waals surface area contributed by atoms with Gasteiger partial charge >= 0.3 is 0 Å². The van der Waals surface area contributed by atoms with Gasteiger partial charge in [0.2, 0.25) is 0 Å². The van der Waals surface area contributed by atoms with E-state index in [0.717, 1.165) is 99.8 Å². The lowest BCUT2D eigenvalue weighted by molar-refractivity contribution is 0.673. The van der Waals surface area contributed by atoms with Crippen molar-refractivity contribution in [3.8, 4) is 73.0 Å². The molecule has 3 heterocycles. The number of furan rings is 1. The lowest BCUT2D eigenvalue weighted by atomic mass is 9.89. The first kappa shape index (κ1) is 35.6. The van der Waals surface area contributed by atoms with Crippen molar-refractivity contribution in [1.29, 1.82) is 0 Å². The van der Waals surface area contributed by atoms with Gasteiger partial charge in [0.25, 0.3) is 0 Å². The maximum atomic E-state index is 6.86. The molecule has 9 aromatic carbocycles. The number of fused-ring (bicyclic) bond motifs is 7. The van der Waals surface area contributed by atoms with Gasteiger partial charge in [-0.25, -0.2) is 9.97 Å². The number of nitrogens with zero attached hydrogens (tertiary/aromatic N) is 3. The Balaban J connectivity index is 1.09. The third-order valence-corrected chi connectivity index (χ3v) is 12.0. The van der Waals surface area contributed by atoms with Crippen molar-refractivity contribution in [3.63, 3.8) is 0 Å². The molecule has 0 aliphatic heterocycles. The van der Waals surface area contributed by atoms with Crippen molar-refractivity contribution in [2.24, 2.45) is 0 Å². The molecule has 12 rings (SSSR count). The lowest BCUT2D eigenvalue weighted by Gasteiger charge is -2.16. The molecular formula is C58H37N3O. The molecule has 0 N–H and O–H groups in total. The molecule has 4 heteroatoms. The molecule has 0 bridgehead atoms. The summed E-state index contributed by atoms with van der Waals surface area (Å²) in [5.74, 6) is 0.679. The van der Waals surface area contributed by atoms with E-state index >= 15 is 0 Å². The Morgan fingerprint density at radius 2 is 0.919 bits per heavy atom. The molecule has 0 aliphatic rings. The molecule has 0 aliphatic carbocycles. The summed E-state index contributed by atoms with van der Waals surface area (Å²) in [4.78, 5) is 10.5. The average Bonchev–Trinajstić information content (AvgIpc) is 3.90. The van der Waals surface area contributed by atoms with Gasteiger partial charge in [-0.1, -0.05) is 170 Å². The van der Waals surface area contributed by atoms with Crippen molar-refractivity contribution in [3.05, 3.63) is 224 Å². The van der Waals surface area contributed by atoms with Crippen molar-refractivity contribution in [2.75, 3.05) is 0 Å². The van der Waals surface area contributed by atoms with E-state index in [0.29, 0.717) is 5.82 Å². The van der Waals surface area contributed by atoms with Crippen LogP contribution in [0.3, 0.4) is 0 Å². The van der Waals surface area contributed by atoms with Gasteiger partial charge in [0.05, 0.1) is 27.8 Å². The van der Waals surface area contributed by atoms with Gasteiger partial charge in [-0.2, -0.15) is 0 Å². The normalized spacial score (nSPS) is 11.5. The number of rotatable bonds is 7. The Hall–Kier alpha value is -8.34. The first-order chi connectivity index (χ1) is 30.7. The van der Waals surface area contributed by atoms with E-state index in [-0.39, 0.29) is 0 Å². The summed E-state index contributed by atoms with van der Waals surface area (Å²) in [7, 11) is 0. The van der Waals surface area contributed by atoms with E-state index in [1.807, 2.05) is 24.3 Å². The van der Waals surface area contributed by atoms with E-state index in [9.17, 15) is 0 Å². The van der Waals surface area contributed by atoms with Crippen LogP contribution in [-0.4, -0.2) is 14.5 Å². The maximum absolute atomic E-state index is 6.86. The summed E-state index contributed by atoms with van der Waals surface area (Å²) in [6, 6.07) is 79.1. The highest BCUT2D eigenvalue weighted by atomic mass is 16.3. The molecule has 0 unspecified atom stereocenters. The van der Waals surface area contributed by atoms with Gasteiger partial charge in [0, 0.05) is 38.5 Å². The highest BCUT2D eigenvalue weighted by Crippen LogP contribution is 2.44. The maximum Gasteiger partial charge on any atom is 0.160 e. The molecule has 4 nitrogen and oxygen atoms in total. The van der Waals surface area contributed by atoms with E-state index in [4.69, 9.17) is 14.4 Å². The molecule has 0 atom stereocenters. The molecule has 3 aromatic heterocycles. The number of benzene rings is 9. The van der Waals surface area contributed by atoms with Crippen LogP contribution in [0.2, 0.25) is 0 Å². The monoisotopic (exact) mass is 791 g/mol. The summed E-state index contributed by atoms with van der Waals surface area (Å²) in [5.41, 5.74) is 16.6. The molecule has 12 aromatic rings. The molecule has 0 fully saturated rings. The van der Waals surface area contributed by atoms with Crippen LogP contribution in [0.4, 0.5) is 0 Å². The molecule has 0 saturated carbocycles. The third-order valence-electron chi connectivity index (χ3n) is 12.0. The molecule has 0 saturated heterocycles. The van der Waals surface area contributed by atoms with Crippen LogP contribution in [0, 0.1) is 0 Å². The Morgan fingerprint density at radius 1 is 0.339 bits per heavy atom. The molecular weight excluding hydrogens is 755 g/mol. The second-order valence-electron chi connectivity index (χ2n) is 15.7. The predicted octanol–water partition coefficient (Wildman–Crippen LogP) is 15.5. The quantitative estimate of drug-likeness (QED) is 0.161. The highest BCUT2D eigenvalue weighted by Gasteiger charge is 2.21. The summed E-state index contributed by atoms with van der Waals surface area (Å²) in [6.45, 7) is 0. The number of hydrogen-bond acceptors (Lipinski definition) is 3. The smallest absolute Gasteiger partial charge is 0.160 e. The summed E-state index contributed by atoms with van der Waals surface area (Å²) in [6.07, 6.45) is 0. The van der Waals surface area contributed by atoms with Crippen LogP contribution in [0.15, 0.2) is 229 Å². The standard InChI is InChI=1S/C58H37N3O/c1-5-17-38(18-6-1)44-25-13-14-26-45(44)41-29-31-46(49(35-41)52-37-51(39-19-7-2-8-20-39)59-58(60-52)40-21-9-3-10-22-40)42-30-34-55-50(36-42)47-32-33-54-56(57(47)62-55)48-27-15-16-28-53(48)61(54)43-23-11-4-12-24-43/h1-37H. The predicted molar refractivity (Wildman–Crippen MR) is 256 cm³/mol. The van der Waals surface area contributed by atoms with Gasteiger partial charge in [-0.3, -0.25) is 0 Å². The minimum atomic E-state index is 0.679. The minimum Gasteiger partial charge on any atom is -0.455 e. The van der Waals surface area contributed by atoms with Crippen LogP contribution in [0.25, 0.3) is 117 Å². The van der Waals surface area contributed by atoms with Crippen LogP contribution >= 0.6 is 0 Å². The highest BCUT2D eigenvalue weighted by molar-refractivity contribution is 6.24. The number of hydrogen-bond donors (Lipinski definition) is 0. The number of para-hydroxylation sites is 2.